The Labute approximate surface area is 113 Å². The average Bonchev–Trinajstić information content (AvgIpc) is 2.42. The van der Waals surface area contributed by atoms with Crippen LogP contribution in [0.15, 0.2) is 24.3 Å². The zero-order valence-electron chi connectivity index (χ0n) is 11.3. The van der Waals surface area contributed by atoms with Gasteiger partial charge < -0.3 is 15.5 Å². The van der Waals surface area contributed by atoms with Gasteiger partial charge in [0.25, 0.3) is 0 Å². The molecule has 2 amide bonds. The molecular weight excluding hydrogens is 242 g/mol. The van der Waals surface area contributed by atoms with Crippen molar-refractivity contribution >= 4 is 17.5 Å². The first kappa shape index (κ1) is 13.5. The van der Waals surface area contributed by atoms with Gasteiger partial charge in [0.15, 0.2) is 0 Å². The van der Waals surface area contributed by atoms with Crippen molar-refractivity contribution in [1.82, 2.24) is 4.90 Å². The second-order valence-corrected chi connectivity index (χ2v) is 4.96. The topological polar surface area (TPSA) is 66.6 Å². The fraction of sp³-hybridized carbons (Fsp3) is 0.429. The molecule has 2 N–H and O–H groups in total. The zero-order chi connectivity index (χ0) is 14.0. The molecule has 0 bridgehead atoms. The van der Waals surface area contributed by atoms with Crippen molar-refractivity contribution in [1.29, 1.82) is 0 Å². The highest BCUT2D eigenvalue weighted by molar-refractivity contribution is 6.04. The molecule has 5 heteroatoms. The summed E-state index contributed by atoms with van der Waals surface area (Å²) in [6.45, 7) is 2.83. The first-order chi connectivity index (χ1) is 9.02. The van der Waals surface area contributed by atoms with Crippen LogP contribution in [0.3, 0.4) is 0 Å². The summed E-state index contributed by atoms with van der Waals surface area (Å²) in [6, 6.07) is 7.67. The van der Waals surface area contributed by atoms with Crippen LogP contribution in [0.5, 0.6) is 0 Å². The first-order valence-electron chi connectivity index (χ1n) is 6.37. The van der Waals surface area contributed by atoms with Crippen molar-refractivity contribution in [2.24, 2.45) is 5.73 Å². The summed E-state index contributed by atoms with van der Waals surface area (Å²) in [6.07, 6.45) is 0. The Morgan fingerprint density at radius 2 is 2.00 bits per heavy atom. The molecule has 5 nitrogen and oxygen atoms in total. The van der Waals surface area contributed by atoms with Crippen LogP contribution in [-0.4, -0.2) is 43.4 Å². The van der Waals surface area contributed by atoms with Crippen molar-refractivity contribution < 1.29 is 9.59 Å². The normalized spacial score (nSPS) is 17.8. The Morgan fingerprint density at radius 1 is 1.26 bits per heavy atom. The number of piperazine rings is 1. The van der Waals surface area contributed by atoms with E-state index in [9.17, 15) is 9.59 Å². The molecule has 1 heterocycles. The monoisotopic (exact) mass is 261 g/mol. The van der Waals surface area contributed by atoms with Crippen LogP contribution in [0.2, 0.25) is 0 Å². The quantitative estimate of drug-likeness (QED) is 0.864. The minimum Gasteiger partial charge on any atom is -0.335 e. The molecule has 0 radical (unpaired) electrons. The Kier molecular flexibility index (Phi) is 3.85. The summed E-state index contributed by atoms with van der Waals surface area (Å²) in [5, 5.41) is 0. The molecule has 1 aliphatic heterocycles. The van der Waals surface area contributed by atoms with Gasteiger partial charge in [-0.05, 0) is 30.2 Å². The number of carbonyl (C=O) groups excluding carboxylic acids is 2. The molecule has 0 spiro atoms. The molecule has 102 valence electrons. The summed E-state index contributed by atoms with van der Waals surface area (Å²) in [5.74, 6) is 0.134. The molecule has 2 rings (SSSR count). The molecule has 1 unspecified atom stereocenters. The lowest BCUT2D eigenvalue weighted by atomic mass is 10.0. The highest BCUT2D eigenvalue weighted by Crippen LogP contribution is 2.23. The third kappa shape index (κ3) is 2.76. The molecule has 1 aromatic rings. The van der Waals surface area contributed by atoms with E-state index in [0.29, 0.717) is 6.54 Å². The number of hydrogen-bond donors (Lipinski definition) is 1. The van der Waals surface area contributed by atoms with Crippen LogP contribution in [0, 0.1) is 0 Å². The van der Waals surface area contributed by atoms with Gasteiger partial charge in [0.1, 0.15) is 6.54 Å². The van der Waals surface area contributed by atoms with Gasteiger partial charge in [-0.2, -0.15) is 0 Å². The van der Waals surface area contributed by atoms with Gasteiger partial charge in [0.2, 0.25) is 11.8 Å². The van der Waals surface area contributed by atoms with Gasteiger partial charge in [-0.25, -0.2) is 0 Å². The van der Waals surface area contributed by atoms with Crippen molar-refractivity contribution in [3.05, 3.63) is 29.8 Å². The lowest BCUT2D eigenvalue weighted by molar-refractivity contribution is -0.136. The molecule has 19 heavy (non-hydrogen) atoms. The third-order valence-electron chi connectivity index (χ3n) is 3.50. The van der Waals surface area contributed by atoms with Crippen LogP contribution in [0.4, 0.5) is 5.69 Å². The van der Waals surface area contributed by atoms with E-state index in [1.165, 1.54) is 9.80 Å². The fourth-order valence-corrected chi connectivity index (χ4v) is 2.09. The number of rotatable bonds is 3. The minimum absolute atomic E-state index is 0.0446. The van der Waals surface area contributed by atoms with Gasteiger partial charge >= 0.3 is 0 Å². The van der Waals surface area contributed by atoms with E-state index in [1.807, 2.05) is 31.2 Å². The Hall–Kier alpha value is -1.88. The number of carbonyl (C=O) groups is 2. The number of hydrogen-bond acceptors (Lipinski definition) is 3. The lowest BCUT2D eigenvalue weighted by Crippen LogP contribution is -2.52. The summed E-state index contributed by atoms with van der Waals surface area (Å²) in [4.78, 5) is 26.7. The summed E-state index contributed by atoms with van der Waals surface area (Å²) in [5.41, 5.74) is 7.51. The van der Waals surface area contributed by atoms with Crippen LogP contribution < -0.4 is 10.6 Å². The number of nitrogens with zero attached hydrogens (tertiary/aromatic N) is 2. The molecular formula is C14H19N3O2. The van der Waals surface area contributed by atoms with Crippen LogP contribution in [0.1, 0.15) is 18.4 Å². The van der Waals surface area contributed by atoms with E-state index < -0.39 is 0 Å². The highest BCUT2D eigenvalue weighted by Gasteiger charge is 2.28. The van der Waals surface area contributed by atoms with Gasteiger partial charge in [-0.3, -0.25) is 9.59 Å². The molecule has 0 aromatic heterocycles. The Balaban J connectivity index is 2.26. The second kappa shape index (κ2) is 5.40. The van der Waals surface area contributed by atoms with E-state index >= 15 is 0 Å². The average molecular weight is 261 g/mol. The third-order valence-corrected chi connectivity index (χ3v) is 3.50. The number of amides is 2. The second-order valence-electron chi connectivity index (χ2n) is 4.96. The predicted molar refractivity (Wildman–Crippen MR) is 73.9 cm³/mol. The number of benzene rings is 1. The van der Waals surface area contributed by atoms with E-state index in [-0.39, 0.29) is 30.8 Å². The van der Waals surface area contributed by atoms with Crippen molar-refractivity contribution in [2.45, 2.75) is 12.8 Å². The van der Waals surface area contributed by atoms with Gasteiger partial charge in [0, 0.05) is 12.7 Å². The maximum absolute atomic E-state index is 12.0. The molecule has 1 fully saturated rings. The summed E-state index contributed by atoms with van der Waals surface area (Å²) in [7, 11) is 1.64. The summed E-state index contributed by atoms with van der Waals surface area (Å²) >= 11 is 0. The van der Waals surface area contributed by atoms with Crippen molar-refractivity contribution in [2.75, 3.05) is 31.6 Å². The zero-order valence-corrected chi connectivity index (χ0v) is 11.3. The summed E-state index contributed by atoms with van der Waals surface area (Å²) < 4.78 is 0. The number of anilines is 1. The van der Waals surface area contributed by atoms with Gasteiger partial charge in [-0.15, -0.1) is 0 Å². The van der Waals surface area contributed by atoms with Crippen LogP contribution in [-0.2, 0) is 9.59 Å². The highest BCUT2D eigenvalue weighted by atomic mass is 16.2. The molecule has 1 saturated heterocycles. The van der Waals surface area contributed by atoms with E-state index in [0.717, 1.165) is 11.3 Å². The largest absolute Gasteiger partial charge is 0.335 e. The molecule has 0 aliphatic carbocycles. The molecule has 0 saturated carbocycles. The van der Waals surface area contributed by atoms with E-state index in [4.69, 9.17) is 5.73 Å². The fourth-order valence-electron chi connectivity index (χ4n) is 2.09. The SMILES string of the molecule is CC(CN)c1cccc(N2CC(=O)N(C)CC2=O)c1. The Morgan fingerprint density at radius 3 is 2.68 bits per heavy atom. The maximum Gasteiger partial charge on any atom is 0.247 e. The first-order valence-corrected chi connectivity index (χ1v) is 6.37. The molecule has 1 aromatic carbocycles. The van der Waals surface area contributed by atoms with Crippen LogP contribution >= 0.6 is 0 Å². The van der Waals surface area contributed by atoms with Gasteiger partial charge in [-0.1, -0.05) is 19.1 Å². The van der Waals surface area contributed by atoms with Gasteiger partial charge in [0.05, 0.1) is 6.54 Å². The number of nitrogens with two attached hydrogens (primary N) is 1. The predicted octanol–water partition coefficient (Wildman–Crippen LogP) is 0.554. The van der Waals surface area contributed by atoms with E-state index in [2.05, 4.69) is 0 Å². The standard InChI is InChI=1S/C14H19N3O2/c1-10(7-15)11-4-3-5-12(6-11)17-9-13(18)16(2)8-14(17)19/h3-6,10H,7-9,15H2,1-2H3. The van der Waals surface area contributed by atoms with E-state index in [1.54, 1.807) is 7.05 Å². The Bertz CT molecular complexity index is 501. The number of likely N-dealkylation sites (N-methyl/N-ethyl adjacent to an activating group) is 1. The van der Waals surface area contributed by atoms with Crippen molar-refractivity contribution in [3.8, 4) is 0 Å². The maximum atomic E-state index is 12.0. The minimum atomic E-state index is -0.0559. The molecule has 1 aliphatic rings. The molecule has 1 atom stereocenters. The van der Waals surface area contributed by atoms with Crippen molar-refractivity contribution in [3.63, 3.8) is 0 Å². The smallest absolute Gasteiger partial charge is 0.247 e. The lowest BCUT2D eigenvalue weighted by Gasteiger charge is -2.32. The van der Waals surface area contributed by atoms with Crippen LogP contribution in [0.25, 0.3) is 0 Å².